The molecule has 0 aliphatic heterocycles. The highest BCUT2D eigenvalue weighted by Crippen LogP contribution is 2.25. The second-order valence-corrected chi connectivity index (χ2v) is 4.94. The van der Waals surface area contributed by atoms with Crippen LogP contribution in [-0.4, -0.2) is 16.8 Å². The number of benzene rings is 2. The Morgan fingerprint density at radius 1 is 1.19 bits per heavy atom. The van der Waals surface area contributed by atoms with Crippen LogP contribution in [-0.2, 0) is 9.63 Å². The van der Waals surface area contributed by atoms with Crippen molar-refractivity contribution in [2.75, 3.05) is 0 Å². The average Bonchev–Trinajstić information content (AvgIpc) is 2.45. The van der Waals surface area contributed by atoms with Gasteiger partial charge in [0.1, 0.15) is 11.5 Å². The van der Waals surface area contributed by atoms with E-state index in [0.29, 0.717) is 27.4 Å². The summed E-state index contributed by atoms with van der Waals surface area (Å²) in [6.07, 6.45) is 0. The van der Waals surface area contributed by atoms with Crippen LogP contribution in [0.25, 0.3) is 0 Å². The van der Waals surface area contributed by atoms with E-state index in [1.807, 2.05) is 0 Å². The van der Waals surface area contributed by atoms with Gasteiger partial charge in [-0.15, -0.1) is 0 Å². The van der Waals surface area contributed by atoms with E-state index in [9.17, 15) is 9.90 Å². The van der Waals surface area contributed by atoms with Gasteiger partial charge in [0.15, 0.2) is 0 Å². The number of para-hydroxylation sites is 1. The fourth-order valence-corrected chi connectivity index (χ4v) is 1.95. The topological polar surface area (TPSA) is 58.9 Å². The van der Waals surface area contributed by atoms with Crippen LogP contribution < -0.4 is 0 Å². The van der Waals surface area contributed by atoms with Crippen LogP contribution in [0.15, 0.2) is 47.6 Å². The lowest BCUT2D eigenvalue weighted by Crippen LogP contribution is -2.07. The third-order valence-electron chi connectivity index (χ3n) is 2.88. The molecule has 0 unspecified atom stereocenters. The third kappa shape index (κ3) is 3.61. The Balaban J connectivity index is 2.55. The lowest BCUT2D eigenvalue weighted by Gasteiger charge is -2.10. The number of phenolic OH excluding ortho intramolecular Hbond substituents is 1. The number of halogens is 1. The Hall–Kier alpha value is -2.33. The highest BCUT2D eigenvalue weighted by atomic mass is 35.5. The zero-order chi connectivity index (χ0) is 15.4. The zero-order valence-corrected chi connectivity index (χ0v) is 12.4. The molecule has 5 heteroatoms. The number of hydrogen-bond acceptors (Lipinski definition) is 4. The maximum Gasteiger partial charge on any atom is 0.332 e. The summed E-state index contributed by atoms with van der Waals surface area (Å²) in [7, 11) is 0. The normalized spacial score (nSPS) is 11.3. The number of aromatic hydroxyl groups is 1. The number of nitrogens with zero attached hydrogens (tertiary/aromatic N) is 1. The molecular weight excluding hydrogens is 290 g/mol. The first-order valence-corrected chi connectivity index (χ1v) is 6.67. The first-order chi connectivity index (χ1) is 9.99. The van der Waals surface area contributed by atoms with Crippen LogP contribution in [0.1, 0.15) is 23.6 Å². The molecule has 2 aromatic rings. The van der Waals surface area contributed by atoms with Crippen molar-refractivity contribution in [2.24, 2.45) is 5.16 Å². The first-order valence-electron chi connectivity index (χ1n) is 6.29. The van der Waals surface area contributed by atoms with Crippen molar-refractivity contribution in [3.63, 3.8) is 0 Å². The molecule has 0 aromatic heterocycles. The number of hydrogen-bond donors (Lipinski definition) is 1. The summed E-state index contributed by atoms with van der Waals surface area (Å²) < 4.78 is 0. The van der Waals surface area contributed by atoms with Crippen molar-refractivity contribution >= 4 is 23.3 Å². The second-order valence-electron chi connectivity index (χ2n) is 4.50. The molecule has 0 amide bonds. The van der Waals surface area contributed by atoms with Gasteiger partial charge in [-0.05, 0) is 30.7 Å². The zero-order valence-electron chi connectivity index (χ0n) is 11.6. The minimum Gasteiger partial charge on any atom is -0.507 e. The molecule has 0 heterocycles. The molecule has 0 aliphatic carbocycles. The fraction of sp³-hybridized carbons (Fsp3) is 0.125. The quantitative estimate of drug-likeness (QED) is 0.534. The van der Waals surface area contributed by atoms with Crippen LogP contribution >= 0.6 is 11.6 Å². The Morgan fingerprint density at radius 2 is 1.86 bits per heavy atom. The van der Waals surface area contributed by atoms with Gasteiger partial charge in [0.05, 0.1) is 0 Å². The first kappa shape index (κ1) is 15.1. The summed E-state index contributed by atoms with van der Waals surface area (Å²) in [5.41, 5.74) is 2.24. The Morgan fingerprint density at radius 3 is 2.48 bits per heavy atom. The Kier molecular flexibility index (Phi) is 4.60. The Bertz CT molecular complexity index is 693. The van der Waals surface area contributed by atoms with Gasteiger partial charge < -0.3 is 9.94 Å². The summed E-state index contributed by atoms with van der Waals surface area (Å²) in [4.78, 5) is 15.7. The molecule has 0 saturated heterocycles. The molecular formula is C16H14ClNO3. The van der Waals surface area contributed by atoms with Crippen molar-refractivity contribution < 1.29 is 14.7 Å². The molecule has 2 aromatic carbocycles. The van der Waals surface area contributed by atoms with Crippen molar-refractivity contribution in [2.45, 2.75) is 13.8 Å². The van der Waals surface area contributed by atoms with E-state index in [0.717, 1.165) is 0 Å². The van der Waals surface area contributed by atoms with Gasteiger partial charge in [0.25, 0.3) is 0 Å². The fourth-order valence-electron chi connectivity index (χ4n) is 1.83. The highest BCUT2D eigenvalue weighted by molar-refractivity contribution is 6.30. The van der Waals surface area contributed by atoms with Crippen molar-refractivity contribution in [3.8, 4) is 5.75 Å². The summed E-state index contributed by atoms with van der Waals surface area (Å²) in [5, 5.41) is 14.6. The van der Waals surface area contributed by atoms with Crippen molar-refractivity contribution in [1.29, 1.82) is 0 Å². The molecule has 0 bridgehead atoms. The van der Waals surface area contributed by atoms with Gasteiger partial charge in [-0.3, -0.25) is 0 Å². The van der Waals surface area contributed by atoms with E-state index in [4.69, 9.17) is 16.4 Å². The van der Waals surface area contributed by atoms with Crippen LogP contribution in [0.2, 0.25) is 5.02 Å². The van der Waals surface area contributed by atoms with Gasteiger partial charge in [0, 0.05) is 23.1 Å². The molecule has 0 radical (unpaired) electrons. The summed E-state index contributed by atoms with van der Waals surface area (Å²) >= 11 is 5.87. The number of carbonyl (C=O) groups excluding carboxylic acids is 1. The third-order valence-corrected chi connectivity index (χ3v) is 3.13. The van der Waals surface area contributed by atoms with E-state index in [1.165, 1.54) is 6.92 Å². The van der Waals surface area contributed by atoms with E-state index < -0.39 is 5.97 Å². The Labute approximate surface area is 127 Å². The number of aryl methyl sites for hydroxylation is 1. The monoisotopic (exact) mass is 303 g/mol. The van der Waals surface area contributed by atoms with Gasteiger partial charge in [-0.1, -0.05) is 41.0 Å². The predicted molar refractivity (Wildman–Crippen MR) is 81.7 cm³/mol. The summed E-state index contributed by atoms with van der Waals surface area (Å²) in [6, 6.07) is 12.2. The molecule has 21 heavy (non-hydrogen) atoms. The van der Waals surface area contributed by atoms with E-state index in [1.54, 1.807) is 49.4 Å². The molecule has 0 aliphatic rings. The van der Waals surface area contributed by atoms with Gasteiger partial charge in [-0.2, -0.15) is 0 Å². The molecule has 0 atom stereocenters. The van der Waals surface area contributed by atoms with Gasteiger partial charge >= 0.3 is 5.97 Å². The van der Waals surface area contributed by atoms with E-state index in [2.05, 4.69) is 5.16 Å². The minimum absolute atomic E-state index is 0.0957. The smallest absolute Gasteiger partial charge is 0.332 e. The molecule has 0 fully saturated rings. The maximum atomic E-state index is 11.0. The van der Waals surface area contributed by atoms with Crippen LogP contribution in [0.5, 0.6) is 5.75 Å². The predicted octanol–water partition coefficient (Wildman–Crippen LogP) is 3.67. The van der Waals surface area contributed by atoms with E-state index >= 15 is 0 Å². The molecule has 2 rings (SSSR count). The minimum atomic E-state index is -0.534. The van der Waals surface area contributed by atoms with Crippen LogP contribution in [0, 0.1) is 6.92 Å². The molecule has 108 valence electrons. The van der Waals surface area contributed by atoms with Crippen molar-refractivity contribution in [3.05, 3.63) is 64.2 Å². The summed E-state index contributed by atoms with van der Waals surface area (Å²) in [6.45, 7) is 3.04. The van der Waals surface area contributed by atoms with Crippen LogP contribution in [0.4, 0.5) is 0 Å². The molecule has 1 N–H and O–H groups in total. The standard InChI is InChI=1S/C16H14ClNO3/c1-10-4-3-5-14(16(10)20)15(18-21-11(2)19)12-6-8-13(17)9-7-12/h3-9,20H,1-2H3/b18-15+. The lowest BCUT2D eigenvalue weighted by atomic mass is 9.99. The molecule has 4 nitrogen and oxygen atoms in total. The highest BCUT2D eigenvalue weighted by Gasteiger charge is 2.14. The van der Waals surface area contributed by atoms with Crippen LogP contribution in [0.3, 0.4) is 0 Å². The number of carbonyl (C=O) groups is 1. The lowest BCUT2D eigenvalue weighted by molar-refractivity contribution is -0.140. The average molecular weight is 304 g/mol. The maximum absolute atomic E-state index is 11.0. The second kappa shape index (κ2) is 6.41. The van der Waals surface area contributed by atoms with Crippen molar-refractivity contribution in [1.82, 2.24) is 0 Å². The van der Waals surface area contributed by atoms with E-state index in [-0.39, 0.29) is 5.75 Å². The van der Waals surface area contributed by atoms with Gasteiger partial charge in [0.2, 0.25) is 0 Å². The SMILES string of the molecule is CC(=O)O/N=C(\c1ccc(Cl)cc1)c1cccc(C)c1O. The summed E-state index contributed by atoms with van der Waals surface area (Å²) in [5.74, 6) is -0.438. The van der Waals surface area contributed by atoms with Gasteiger partial charge in [-0.25, -0.2) is 4.79 Å². The molecule has 0 saturated carbocycles. The number of phenols is 1. The number of oxime groups is 1. The number of rotatable bonds is 3. The largest absolute Gasteiger partial charge is 0.507 e. The molecule has 0 spiro atoms.